The Balaban J connectivity index is 2.71. The molecule has 1 rings (SSSR count). The van der Waals surface area contributed by atoms with Gasteiger partial charge < -0.3 is 10.2 Å². The Morgan fingerprint density at radius 2 is 1.83 bits per heavy atom. The second-order valence-electron chi connectivity index (χ2n) is 4.32. The lowest BCUT2D eigenvalue weighted by atomic mass is 10.3. The highest BCUT2D eigenvalue weighted by Crippen LogP contribution is 2.08. The minimum absolute atomic E-state index is 0.898. The van der Waals surface area contributed by atoms with E-state index < -0.39 is 0 Å². The number of aromatic nitrogens is 2. The Bertz CT molecular complexity index is 348. The molecule has 0 atom stereocenters. The molecule has 1 heterocycles. The summed E-state index contributed by atoms with van der Waals surface area (Å²) in [5.74, 6) is 1.91. The Morgan fingerprint density at radius 1 is 1.11 bits per heavy atom. The van der Waals surface area contributed by atoms with Crippen LogP contribution in [-0.2, 0) is 12.8 Å². The van der Waals surface area contributed by atoms with Crippen molar-refractivity contribution in [3.05, 3.63) is 17.6 Å². The molecule has 0 aliphatic carbocycles. The second-order valence-corrected chi connectivity index (χ2v) is 4.32. The third-order valence-electron chi connectivity index (χ3n) is 3.09. The van der Waals surface area contributed by atoms with E-state index in [9.17, 15) is 0 Å². The lowest BCUT2D eigenvalue weighted by molar-refractivity contribution is 0.305. The minimum atomic E-state index is 0.898. The van der Waals surface area contributed by atoms with Crippen LogP contribution < -0.4 is 5.32 Å². The fourth-order valence-electron chi connectivity index (χ4n) is 1.91. The molecule has 4 heteroatoms. The SMILES string of the molecule is CCNc1cc(CC)nc(CCN(CC)CC)n1. The molecule has 0 saturated carbocycles. The van der Waals surface area contributed by atoms with Gasteiger partial charge in [-0.2, -0.15) is 0 Å². The average molecular weight is 250 g/mol. The molecule has 1 N–H and O–H groups in total. The first-order valence-electron chi connectivity index (χ1n) is 7.06. The zero-order valence-corrected chi connectivity index (χ0v) is 12.2. The summed E-state index contributed by atoms with van der Waals surface area (Å²) < 4.78 is 0. The van der Waals surface area contributed by atoms with Gasteiger partial charge in [0, 0.05) is 31.3 Å². The van der Waals surface area contributed by atoms with Gasteiger partial charge >= 0.3 is 0 Å². The third kappa shape index (κ3) is 4.61. The summed E-state index contributed by atoms with van der Waals surface area (Å²) in [5.41, 5.74) is 1.12. The van der Waals surface area contributed by atoms with Crippen LogP contribution in [0.2, 0.25) is 0 Å². The van der Waals surface area contributed by atoms with E-state index in [2.05, 4.69) is 47.9 Å². The Kier molecular flexibility index (Phi) is 6.65. The molecule has 0 fully saturated rings. The van der Waals surface area contributed by atoms with Gasteiger partial charge in [0.1, 0.15) is 11.6 Å². The summed E-state index contributed by atoms with van der Waals surface area (Å²) in [5, 5.41) is 3.27. The van der Waals surface area contributed by atoms with E-state index in [1.54, 1.807) is 0 Å². The van der Waals surface area contributed by atoms with Gasteiger partial charge in [0.05, 0.1) is 0 Å². The molecule has 0 aliphatic heterocycles. The maximum Gasteiger partial charge on any atom is 0.132 e. The largest absolute Gasteiger partial charge is 0.370 e. The number of nitrogens with one attached hydrogen (secondary N) is 1. The lowest BCUT2D eigenvalue weighted by Crippen LogP contribution is -2.26. The van der Waals surface area contributed by atoms with Crippen LogP contribution in [0.1, 0.15) is 39.2 Å². The molecule has 0 saturated heterocycles. The van der Waals surface area contributed by atoms with Crippen LogP contribution >= 0.6 is 0 Å². The summed E-state index contributed by atoms with van der Waals surface area (Å²) in [6.45, 7) is 12.7. The molecule has 0 aromatic carbocycles. The molecule has 0 unspecified atom stereocenters. The number of nitrogens with zero attached hydrogens (tertiary/aromatic N) is 3. The number of hydrogen-bond donors (Lipinski definition) is 1. The van der Waals surface area contributed by atoms with Crippen molar-refractivity contribution in [2.75, 3.05) is 31.5 Å². The van der Waals surface area contributed by atoms with Crippen LogP contribution in [-0.4, -0.2) is 41.0 Å². The summed E-state index contributed by atoms with van der Waals surface area (Å²) in [4.78, 5) is 11.6. The van der Waals surface area contributed by atoms with Crippen molar-refractivity contribution in [2.24, 2.45) is 0 Å². The molecule has 1 aromatic heterocycles. The third-order valence-corrected chi connectivity index (χ3v) is 3.09. The fraction of sp³-hybridized carbons (Fsp3) is 0.714. The van der Waals surface area contributed by atoms with Crippen LogP contribution in [0.5, 0.6) is 0 Å². The predicted octanol–water partition coefficient (Wildman–Crippen LogP) is 2.36. The molecule has 0 aliphatic rings. The number of hydrogen-bond acceptors (Lipinski definition) is 4. The van der Waals surface area contributed by atoms with Crippen LogP contribution in [0.4, 0.5) is 5.82 Å². The van der Waals surface area contributed by atoms with Gasteiger partial charge in [-0.1, -0.05) is 20.8 Å². The van der Waals surface area contributed by atoms with Gasteiger partial charge in [0.25, 0.3) is 0 Å². The van der Waals surface area contributed by atoms with E-state index in [1.165, 1.54) is 0 Å². The monoisotopic (exact) mass is 250 g/mol. The number of anilines is 1. The van der Waals surface area contributed by atoms with Crippen molar-refractivity contribution in [1.82, 2.24) is 14.9 Å². The first-order chi connectivity index (χ1) is 8.73. The van der Waals surface area contributed by atoms with Crippen LogP contribution in [0, 0.1) is 0 Å². The smallest absolute Gasteiger partial charge is 0.132 e. The van der Waals surface area contributed by atoms with Crippen molar-refractivity contribution >= 4 is 5.82 Å². The molecular weight excluding hydrogens is 224 g/mol. The maximum atomic E-state index is 4.60. The van der Waals surface area contributed by atoms with E-state index >= 15 is 0 Å². The van der Waals surface area contributed by atoms with Crippen molar-refractivity contribution in [3.8, 4) is 0 Å². The summed E-state index contributed by atoms with van der Waals surface area (Å²) in [6.07, 6.45) is 1.88. The molecule has 0 spiro atoms. The maximum absolute atomic E-state index is 4.60. The lowest BCUT2D eigenvalue weighted by Gasteiger charge is -2.17. The minimum Gasteiger partial charge on any atom is -0.370 e. The zero-order chi connectivity index (χ0) is 13.4. The van der Waals surface area contributed by atoms with Gasteiger partial charge in [-0.25, -0.2) is 9.97 Å². The molecule has 102 valence electrons. The Hall–Kier alpha value is -1.16. The van der Waals surface area contributed by atoms with Crippen molar-refractivity contribution in [3.63, 3.8) is 0 Å². The molecule has 0 amide bonds. The van der Waals surface area contributed by atoms with Crippen LogP contribution in [0.25, 0.3) is 0 Å². The molecule has 4 nitrogen and oxygen atoms in total. The highest BCUT2D eigenvalue weighted by molar-refractivity contribution is 5.35. The second kappa shape index (κ2) is 8.03. The molecule has 1 aromatic rings. The highest BCUT2D eigenvalue weighted by Gasteiger charge is 2.05. The van der Waals surface area contributed by atoms with Gasteiger partial charge in [-0.3, -0.25) is 0 Å². The highest BCUT2D eigenvalue weighted by atomic mass is 15.1. The van der Waals surface area contributed by atoms with Gasteiger partial charge in [0.15, 0.2) is 0 Å². The van der Waals surface area contributed by atoms with Crippen molar-refractivity contribution in [2.45, 2.75) is 40.5 Å². The van der Waals surface area contributed by atoms with Gasteiger partial charge in [0.2, 0.25) is 0 Å². The summed E-state index contributed by atoms with van der Waals surface area (Å²) in [6, 6.07) is 2.05. The van der Waals surface area contributed by atoms with E-state index in [-0.39, 0.29) is 0 Å². The first kappa shape index (κ1) is 14.9. The predicted molar refractivity (Wildman–Crippen MR) is 77.1 cm³/mol. The van der Waals surface area contributed by atoms with Crippen molar-refractivity contribution < 1.29 is 0 Å². The van der Waals surface area contributed by atoms with Gasteiger partial charge in [-0.05, 0) is 26.4 Å². The molecule has 0 bridgehead atoms. The summed E-state index contributed by atoms with van der Waals surface area (Å²) >= 11 is 0. The normalized spacial score (nSPS) is 10.9. The van der Waals surface area contributed by atoms with E-state index in [0.717, 1.165) is 56.4 Å². The number of rotatable bonds is 8. The molecule has 0 radical (unpaired) electrons. The molecular formula is C14H26N4. The van der Waals surface area contributed by atoms with E-state index in [4.69, 9.17) is 0 Å². The quantitative estimate of drug-likeness (QED) is 0.769. The van der Waals surface area contributed by atoms with Crippen LogP contribution in [0.15, 0.2) is 6.07 Å². The van der Waals surface area contributed by atoms with Crippen LogP contribution in [0.3, 0.4) is 0 Å². The van der Waals surface area contributed by atoms with E-state index in [1.807, 2.05) is 6.07 Å². The Morgan fingerprint density at radius 3 is 2.39 bits per heavy atom. The zero-order valence-electron chi connectivity index (χ0n) is 12.2. The standard InChI is InChI=1S/C14H26N4/c1-5-12-11-14(15-6-2)17-13(16-12)9-10-18(7-3)8-4/h11H,5-10H2,1-4H3,(H,15,16,17). The van der Waals surface area contributed by atoms with Gasteiger partial charge in [-0.15, -0.1) is 0 Å². The van der Waals surface area contributed by atoms with E-state index in [0.29, 0.717) is 0 Å². The average Bonchev–Trinajstić information content (AvgIpc) is 2.40. The number of likely N-dealkylation sites (N-methyl/N-ethyl adjacent to an activating group) is 1. The fourth-order valence-corrected chi connectivity index (χ4v) is 1.91. The number of aryl methyl sites for hydroxylation is 1. The summed E-state index contributed by atoms with van der Waals surface area (Å²) in [7, 11) is 0. The Labute approximate surface area is 111 Å². The first-order valence-corrected chi connectivity index (χ1v) is 7.06. The van der Waals surface area contributed by atoms with Crippen molar-refractivity contribution in [1.29, 1.82) is 0 Å². The molecule has 18 heavy (non-hydrogen) atoms. The topological polar surface area (TPSA) is 41.1 Å².